The van der Waals surface area contributed by atoms with Crippen molar-refractivity contribution in [2.45, 2.75) is 55.8 Å². The number of amides is 2. The third-order valence-electron chi connectivity index (χ3n) is 6.70. The molecule has 1 saturated carbocycles. The molecule has 36 heavy (non-hydrogen) atoms. The van der Waals surface area contributed by atoms with Crippen LogP contribution in [0.4, 0.5) is 17.6 Å². The van der Waals surface area contributed by atoms with Crippen LogP contribution < -0.4 is 16.0 Å². The molecule has 2 aliphatic rings. The maximum Gasteiger partial charge on any atom is 0.416 e. The minimum absolute atomic E-state index is 0.0549. The van der Waals surface area contributed by atoms with Gasteiger partial charge < -0.3 is 16.0 Å². The monoisotopic (exact) mass is 545 g/mol. The van der Waals surface area contributed by atoms with Crippen molar-refractivity contribution in [3.8, 4) is 0 Å². The van der Waals surface area contributed by atoms with Crippen molar-refractivity contribution in [1.29, 1.82) is 0 Å². The van der Waals surface area contributed by atoms with Crippen LogP contribution in [0.1, 0.15) is 42.4 Å². The quantitative estimate of drug-likeness (QED) is 0.438. The summed E-state index contributed by atoms with van der Waals surface area (Å²) in [5.74, 6) is -2.15. The molecule has 2 aromatic rings. The van der Waals surface area contributed by atoms with Crippen molar-refractivity contribution in [3.63, 3.8) is 0 Å². The second-order valence-corrected chi connectivity index (χ2v) is 10.1. The summed E-state index contributed by atoms with van der Waals surface area (Å²) in [6.45, 7) is 1.45. The molecule has 1 aliphatic carbocycles. The van der Waals surface area contributed by atoms with E-state index < -0.39 is 40.8 Å². The first-order chi connectivity index (χ1) is 17.0. The fourth-order valence-electron chi connectivity index (χ4n) is 4.51. The summed E-state index contributed by atoms with van der Waals surface area (Å²) in [4.78, 5) is 26.6. The van der Waals surface area contributed by atoms with Gasteiger partial charge in [-0.1, -0.05) is 35.3 Å². The zero-order chi connectivity index (χ0) is 26.1. The highest BCUT2D eigenvalue weighted by Gasteiger charge is 2.53. The van der Waals surface area contributed by atoms with Crippen molar-refractivity contribution in [2.24, 2.45) is 0 Å². The van der Waals surface area contributed by atoms with Crippen molar-refractivity contribution in [1.82, 2.24) is 16.0 Å². The van der Waals surface area contributed by atoms with Gasteiger partial charge in [-0.25, -0.2) is 4.39 Å². The lowest BCUT2D eigenvalue weighted by atomic mass is 9.92. The molecule has 0 radical (unpaired) electrons. The third kappa shape index (κ3) is 5.95. The highest BCUT2D eigenvalue weighted by molar-refractivity contribution is 6.35. The van der Waals surface area contributed by atoms with E-state index in [1.54, 1.807) is 12.1 Å². The number of benzene rings is 2. The van der Waals surface area contributed by atoms with Crippen molar-refractivity contribution >= 4 is 35.0 Å². The summed E-state index contributed by atoms with van der Waals surface area (Å²) in [6, 6.07) is 5.81. The highest BCUT2D eigenvalue weighted by Crippen LogP contribution is 2.50. The van der Waals surface area contributed by atoms with Gasteiger partial charge >= 0.3 is 6.18 Å². The van der Waals surface area contributed by atoms with Gasteiger partial charge in [-0.2, -0.15) is 13.2 Å². The lowest BCUT2D eigenvalue weighted by Crippen LogP contribution is -2.55. The van der Waals surface area contributed by atoms with Crippen LogP contribution in [-0.4, -0.2) is 37.0 Å². The average Bonchev–Trinajstić information content (AvgIpc) is 3.62. The topological polar surface area (TPSA) is 70.2 Å². The Balaban J connectivity index is 1.56. The smallest absolute Gasteiger partial charge is 0.350 e. The minimum Gasteiger partial charge on any atom is -0.350 e. The van der Waals surface area contributed by atoms with Gasteiger partial charge in [0.25, 0.3) is 0 Å². The number of hydrogen-bond donors (Lipinski definition) is 3. The van der Waals surface area contributed by atoms with E-state index in [4.69, 9.17) is 23.2 Å². The second kappa shape index (κ2) is 10.6. The molecule has 11 heteroatoms. The molecular weight excluding hydrogens is 521 g/mol. The maximum atomic E-state index is 14.7. The number of piperidine rings is 1. The van der Waals surface area contributed by atoms with Crippen molar-refractivity contribution in [2.75, 3.05) is 13.1 Å². The van der Waals surface area contributed by atoms with E-state index >= 15 is 0 Å². The van der Waals surface area contributed by atoms with E-state index in [-0.39, 0.29) is 30.9 Å². The Kier molecular flexibility index (Phi) is 7.83. The maximum absolute atomic E-state index is 14.7. The Hall–Kier alpha value is -2.36. The largest absolute Gasteiger partial charge is 0.416 e. The molecule has 2 atom stereocenters. The van der Waals surface area contributed by atoms with Gasteiger partial charge in [0.05, 0.1) is 11.0 Å². The number of hydrogen-bond acceptors (Lipinski definition) is 3. The van der Waals surface area contributed by atoms with Crippen molar-refractivity contribution in [3.05, 3.63) is 69.0 Å². The molecule has 5 nitrogen and oxygen atoms in total. The zero-order valence-corrected chi connectivity index (χ0v) is 20.7. The van der Waals surface area contributed by atoms with E-state index in [2.05, 4.69) is 16.0 Å². The first-order valence-corrected chi connectivity index (χ1v) is 12.4. The first-order valence-electron chi connectivity index (χ1n) is 11.6. The van der Waals surface area contributed by atoms with Gasteiger partial charge in [-0.3, -0.25) is 9.59 Å². The minimum atomic E-state index is -4.70. The molecule has 0 bridgehead atoms. The van der Waals surface area contributed by atoms with E-state index in [0.717, 1.165) is 31.5 Å². The molecule has 194 valence electrons. The number of alkyl halides is 3. The Morgan fingerprint density at radius 2 is 1.89 bits per heavy atom. The Morgan fingerprint density at radius 1 is 1.14 bits per heavy atom. The van der Waals surface area contributed by atoms with Gasteiger partial charge in [-0.15, -0.1) is 0 Å². The van der Waals surface area contributed by atoms with Crippen LogP contribution in [0.2, 0.25) is 10.0 Å². The van der Waals surface area contributed by atoms with Crippen LogP contribution in [0.15, 0.2) is 36.4 Å². The summed E-state index contributed by atoms with van der Waals surface area (Å²) in [6.07, 6.45) is -2.47. The molecule has 3 N–H and O–H groups in total. The molecule has 2 unspecified atom stereocenters. The molecule has 1 aliphatic heterocycles. The number of carbonyl (C=O) groups excluding carboxylic acids is 2. The lowest BCUT2D eigenvalue weighted by molar-refractivity contribution is -0.137. The molecule has 0 aromatic heterocycles. The normalized spacial score (nSPS) is 19.9. The van der Waals surface area contributed by atoms with Gasteiger partial charge in [0, 0.05) is 34.6 Å². The highest BCUT2D eigenvalue weighted by atomic mass is 35.5. The van der Waals surface area contributed by atoms with Crippen LogP contribution >= 0.6 is 23.2 Å². The summed E-state index contributed by atoms with van der Waals surface area (Å²) in [5.41, 5.74) is -2.00. The van der Waals surface area contributed by atoms with E-state index in [0.29, 0.717) is 28.2 Å². The number of nitrogens with one attached hydrogen (secondary N) is 3. The molecular formula is C25H25Cl2F4N3O2. The summed E-state index contributed by atoms with van der Waals surface area (Å²) >= 11 is 12.3. The predicted molar refractivity (Wildman–Crippen MR) is 128 cm³/mol. The van der Waals surface area contributed by atoms with Crippen LogP contribution in [0.25, 0.3) is 0 Å². The van der Waals surface area contributed by atoms with E-state index in [1.807, 2.05) is 0 Å². The zero-order valence-electron chi connectivity index (χ0n) is 19.2. The fraction of sp³-hybridized carbons (Fsp3) is 0.440. The van der Waals surface area contributed by atoms with Crippen LogP contribution in [0.3, 0.4) is 0 Å². The Morgan fingerprint density at radius 3 is 2.47 bits per heavy atom. The van der Waals surface area contributed by atoms with Gasteiger partial charge in [0.1, 0.15) is 11.9 Å². The molecule has 0 spiro atoms. The molecule has 1 heterocycles. The number of rotatable bonds is 7. The molecule has 2 amide bonds. The molecule has 2 fully saturated rings. The lowest BCUT2D eigenvalue weighted by Gasteiger charge is -2.28. The molecule has 1 saturated heterocycles. The van der Waals surface area contributed by atoms with Crippen LogP contribution in [0.5, 0.6) is 0 Å². The van der Waals surface area contributed by atoms with E-state index in [1.165, 1.54) is 6.07 Å². The first kappa shape index (κ1) is 26.7. The molecule has 2 aromatic carbocycles. The van der Waals surface area contributed by atoms with Crippen LogP contribution in [-0.2, 0) is 27.6 Å². The Bertz CT molecular complexity index is 1150. The van der Waals surface area contributed by atoms with Crippen molar-refractivity contribution < 1.29 is 27.2 Å². The van der Waals surface area contributed by atoms with Gasteiger partial charge in [0.15, 0.2) is 0 Å². The third-order valence-corrected chi connectivity index (χ3v) is 7.29. The predicted octanol–water partition coefficient (Wildman–Crippen LogP) is 4.78. The van der Waals surface area contributed by atoms with Gasteiger partial charge in [-0.05, 0) is 62.1 Å². The SMILES string of the molecule is O=C(NC1CCCNC1)C(Cc1ccc(Cl)cc1Cl)NC(=O)C1(c2ccc(C(F)(F)F)cc2F)CC1. The summed E-state index contributed by atoms with van der Waals surface area (Å²) in [5, 5.41) is 9.60. The standard InChI is InChI=1S/C25H25Cl2F4N3O2/c26-16-5-3-14(19(27)12-16)10-21(22(35)33-17-2-1-9-32-13-17)34-23(36)24(7-8-24)18-6-4-15(11-20(18)28)25(29,30)31/h3-6,11-12,17,21,32H,1-2,7-10,13H2,(H,33,35)(H,34,36). The molecule has 4 rings (SSSR count). The summed E-state index contributed by atoms with van der Waals surface area (Å²) in [7, 11) is 0. The van der Waals surface area contributed by atoms with E-state index in [9.17, 15) is 27.2 Å². The number of halogens is 6. The average molecular weight is 546 g/mol. The fourth-order valence-corrected chi connectivity index (χ4v) is 5.00. The van der Waals surface area contributed by atoms with Gasteiger partial charge in [0.2, 0.25) is 11.8 Å². The Labute approximate surface area is 215 Å². The van der Waals surface area contributed by atoms with Crippen LogP contribution in [0, 0.1) is 5.82 Å². The number of carbonyl (C=O) groups is 2. The summed E-state index contributed by atoms with van der Waals surface area (Å²) < 4.78 is 53.6. The second-order valence-electron chi connectivity index (χ2n) is 9.29.